The first-order valence-corrected chi connectivity index (χ1v) is 6.49. The smallest absolute Gasteiger partial charge is 0.152 e. The highest BCUT2D eigenvalue weighted by atomic mass is 16.5. The first kappa shape index (κ1) is 12.9. The molecule has 1 aromatic rings. The van der Waals surface area contributed by atoms with Crippen LogP contribution in [0.2, 0.25) is 0 Å². The molecule has 98 valence electrons. The number of nitrogens with zero attached hydrogens (tertiary/aromatic N) is 1. The van der Waals surface area contributed by atoms with E-state index in [1.54, 1.807) is 18.2 Å². The number of hydrogen-bond acceptors (Lipinski definition) is 4. The minimum Gasteiger partial charge on any atom is -0.492 e. The maximum atomic E-state index is 10.6. The van der Waals surface area contributed by atoms with E-state index in [2.05, 4.69) is 4.90 Å². The molecule has 0 bridgehead atoms. The zero-order chi connectivity index (χ0) is 12.8. The lowest BCUT2D eigenvalue weighted by Crippen LogP contribution is -2.33. The van der Waals surface area contributed by atoms with Gasteiger partial charge >= 0.3 is 0 Å². The average Bonchev–Trinajstić information content (AvgIpc) is 2.40. The van der Waals surface area contributed by atoms with Crippen LogP contribution in [0.15, 0.2) is 18.2 Å². The average molecular weight is 248 g/mol. The van der Waals surface area contributed by atoms with Crippen molar-refractivity contribution in [3.8, 4) is 5.75 Å². The van der Waals surface area contributed by atoms with Crippen molar-refractivity contribution in [1.82, 2.24) is 4.90 Å². The number of nitrogen functional groups attached to an aromatic ring is 1. The third kappa shape index (κ3) is 3.47. The molecular weight excluding hydrogens is 228 g/mol. The molecule has 1 saturated heterocycles. The number of anilines is 1. The van der Waals surface area contributed by atoms with Gasteiger partial charge in [0, 0.05) is 23.9 Å². The Hall–Kier alpha value is -1.55. The van der Waals surface area contributed by atoms with Gasteiger partial charge in [0.25, 0.3) is 0 Å². The Bertz CT molecular complexity index is 401. The molecule has 1 aliphatic heterocycles. The van der Waals surface area contributed by atoms with Crippen LogP contribution in [0.5, 0.6) is 5.75 Å². The predicted octanol–water partition coefficient (Wildman–Crippen LogP) is 1.95. The fraction of sp³-hybridized carbons (Fsp3) is 0.500. The van der Waals surface area contributed by atoms with Crippen molar-refractivity contribution in [2.75, 3.05) is 32.0 Å². The summed E-state index contributed by atoms with van der Waals surface area (Å²) >= 11 is 0. The van der Waals surface area contributed by atoms with Crippen LogP contribution in [-0.2, 0) is 0 Å². The third-order valence-corrected chi connectivity index (χ3v) is 3.31. The Labute approximate surface area is 108 Å². The van der Waals surface area contributed by atoms with Gasteiger partial charge in [0.1, 0.15) is 12.4 Å². The van der Waals surface area contributed by atoms with Gasteiger partial charge in [0.15, 0.2) is 6.29 Å². The quantitative estimate of drug-likeness (QED) is 0.639. The van der Waals surface area contributed by atoms with Crippen molar-refractivity contribution in [3.05, 3.63) is 23.8 Å². The molecule has 0 aliphatic carbocycles. The van der Waals surface area contributed by atoms with Crippen LogP contribution in [-0.4, -0.2) is 37.4 Å². The van der Waals surface area contributed by atoms with E-state index in [1.165, 1.54) is 32.4 Å². The van der Waals surface area contributed by atoms with Crippen molar-refractivity contribution in [3.63, 3.8) is 0 Å². The molecule has 0 radical (unpaired) electrons. The molecule has 0 aromatic heterocycles. The molecular formula is C14H20N2O2. The second kappa shape index (κ2) is 6.40. The molecule has 0 amide bonds. The van der Waals surface area contributed by atoms with Crippen LogP contribution in [0.25, 0.3) is 0 Å². The van der Waals surface area contributed by atoms with Crippen molar-refractivity contribution in [1.29, 1.82) is 0 Å². The van der Waals surface area contributed by atoms with Crippen LogP contribution in [0.4, 0.5) is 5.69 Å². The first-order chi connectivity index (χ1) is 8.79. The molecule has 4 heteroatoms. The van der Waals surface area contributed by atoms with Crippen molar-refractivity contribution in [2.24, 2.45) is 0 Å². The number of carbonyl (C=O) groups excluding carboxylic acids is 1. The minimum absolute atomic E-state index is 0.473. The Kier molecular flexibility index (Phi) is 4.59. The summed E-state index contributed by atoms with van der Waals surface area (Å²) in [5, 5.41) is 0. The number of likely N-dealkylation sites (tertiary alicyclic amines) is 1. The van der Waals surface area contributed by atoms with Crippen LogP contribution in [0.3, 0.4) is 0 Å². The van der Waals surface area contributed by atoms with E-state index in [0.29, 0.717) is 17.9 Å². The normalized spacial score (nSPS) is 16.4. The summed E-state index contributed by atoms with van der Waals surface area (Å²) in [6.45, 7) is 3.97. The van der Waals surface area contributed by atoms with Crippen molar-refractivity contribution in [2.45, 2.75) is 19.3 Å². The van der Waals surface area contributed by atoms with Gasteiger partial charge in [-0.05, 0) is 38.1 Å². The molecule has 4 nitrogen and oxygen atoms in total. The predicted molar refractivity (Wildman–Crippen MR) is 72.0 cm³/mol. The highest BCUT2D eigenvalue weighted by Gasteiger charge is 2.09. The number of aldehydes is 1. The molecule has 1 heterocycles. The first-order valence-electron chi connectivity index (χ1n) is 6.49. The number of benzene rings is 1. The Balaban J connectivity index is 1.79. The molecule has 1 fully saturated rings. The summed E-state index contributed by atoms with van der Waals surface area (Å²) in [7, 11) is 0. The number of piperidine rings is 1. The molecule has 18 heavy (non-hydrogen) atoms. The summed E-state index contributed by atoms with van der Waals surface area (Å²) in [5.41, 5.74) is 6.71. The maximum absolute atomic E-state index is 10.6. The number of rotatable bonds is 5. The van der Waals surface area contributed by atoms with Crippen molar-refractivity contribution >= 4 is 12.0 Å². The topological polar surface area (TPSA) is 55.6 Å². The summed E-state index contributed by atoms with van der Waals surface area (Å²) in [6, 6.07) is 5.19. The van der Waals surface area contributed by atoms with Gasteiger partial charge in [-0.15, -0.1) is 0 Å². The monoisotopic (exact) mass is 248 g/mol. The number of nitrogens with two attached hydrogens (primary N) is 1. The summed E-state index contributed by atoms with van der Waals surface area (Å²) in [5.74, 6) is 0.732. The van der Waals surface area contributed by atoms with Crippen molar-refractivity contribution < 1.29 is 9.53 Å². The minimum atomic E-state index is 0.473. The fourth-order valence-corrected chi connectivity index (χ4v) is 2.23. The Morgan fingerprint density at radius 3 is 2.72 bits per heavy atom. The Morgan fingerprint density at radius 1 is 1.28 bits per heavy atom. The lowest BCUT2D eigenvalue weighted by molar-refractivity contribution is 0.112. The van der Waals surface area contributed by atoms with E-state index in [-0.39, 0.29) is 0 Å². The lowest BCUT2D eigenvalue weighted by Gasteiger charge is -2.26. The molecule has 2 N–H and O–H groups in total. The van der Waals surface area contributed by atoms with Gasteiger partial charge < -0.3 is 10.5 Å². The summed E-state index contributed by atoms with van der Waals surface area (Å²) < 4.78 is 5.65. The number of carbonyl (C=O) groups is 1. The second-order valence-electron chi connectivity index (χ2n) is 4.66. The van der Waals surface area contributed by atoms with Crippen LogP contribution in [0, 0.1) is 0 Å². The van der Waals surface area contributed by atoms with E-state index < -0.39 is 0 Å². The van der Waals surface area contributed by atoms with E-state index in [4.69, 9.17) is 10.5 Å². The van der Waals surface area contributed by atoms with E-state index >= 15 is 0 Å². The van der Waals surface area contributed by atoms with E-state index in [1.807, 2.05) is 0 Å². The summed E-state index contributed by atoms with van der Waals surface area (Å²) in [4.78, 5) is 13.1. The molecule has 2 rings (SSSR count). The number of ether oxygens (including phenoxy) is 1. The van der Waals surface area contributed by atoms with Gasteiger partial charge in [-0.2, -0.15) is 0 Å². The molecule has 0 spiro atoms. The van der Waals surface area contributed by atoms with Crippen LogP contribution < -0.4 is 10.5 Å². The molecule has 0 saturated carbocycles. The molecule has 0 atom stereocenters. The lowest BCUT2D eigenvalue weighted by atomic mass is 10.1. The third-order valence-electron chi connectivity index (χ3n) is 3.31. The highest BCUT2D eigenvalue weighted by molar-refractivity contribution is 5.83. The van der Waals surface area contributed by atoms with Gasteiger partial charge in [-0.1, -0.05) is 6.42 Å². The largest absolute Gasteiger partial charge is 0.492 e. The zero-order valence-electron chi connectivity index (χ0n) is 10.6. The molecule has 1 aliphatic rings. The summed E-state index contributed by atoms with van der Waals surface area (Å²) in [6.07, 6.45) is 4.69. The van der Waals surface area contributed by atoms with Gasteiger partial charge in [-0.3, -0.25) is 9.69 Å². The standard InChI is InChI=1S/C14H20N2O2/c15-14-10-13(5-4-12(14)11-17)18-9-8-16-6-2-1-3-7-16/h4-5,10-11H,1-3,6-9,15H2. The van der Waals surface area contributed by atoms with E-state index in [0.717, 1.165) is 18.6 Å². The molecule has 0 unspecified atom stereocenters. The van der Waals surface area contributed by atoms with Gasteiger partial charge in [0.05, 0.1) is 0 Å². The molecule has 1 aromatic carbocycles. The second-order valence-corrected chi connectivity index (χ2v) is 4.66. The SMILES string of the molecule is Nc1cc(OCCN2CCCCC2)ccc1C=O. The van der Waals surface area contributed by atoms with Gasteiger partial charge in [-0.25, -0.2) is 0 Å². The fourth-order valence-electron chi connectivity index (χ4n) is 2.23. The maximum Gasteiger partial charge on any atom is 0.152 e. The van der Waals surface area contributed by atoms with Crippen LogP contribution in [0.1, 0.15) is 29.6 Å². The van der Waals surface area contributed by atoms with Gasteiger partial charge in [0.2, 0.25) is 0 Å². The van der Waals surface area contributed by atoms with E-state index in [9.17, 15) is 4.79 Å². The Morgan fingerprint density at radius 2 is 2.06 bits per heavy atom. The highest BCUT2D eigenvalue weighted by Crippen LogP contribution is 2.18. The number of hydrogen-bond donors (Lipinski definition) is 1. The van der Waals surface area contributed by atoms with Crippen LogP contribution >= 0.6 is 0 Å². The zero-order valence-corrected chi connectivity index (χ0v) is 10.6.